The highest BCUT2D eigenvalue weighted by molar-refractivity contribution is 9.10. The number of hydrogen-bond acceptors (Lipinski definition) is 6. The molecule has 0 saturated heterocycles. The van der Waals surface area contributed by atoms with Crippen LogP contribution in [0.15, 0.2) is 15.9 Å². The van der Waals surface area contributed by atoms with E-state index in [1.807, 2.05) is 0 Å². The third-order valence-electron chi connectivity index (χ3n) is 1.94. The lowest BCUT2D eigenvalue weighted by Crippen LogP contribution is -2.11. The van der Waals surface area contributed by atoms with Crippen LogP contribution >= 0.6 is 39.5 Å². The fraction of sp³-hybridized carbons (Fsp3) is 0.556. The summed E-state index contributed by atoms with van der Waals surface area (Å²) >= 11 is 6.38. The molecule has 0 amide bonds. The van der Waals surface area contributed by atoms with E-state index in [-0.39, 0.29) is 11.5 Å². The van der Waals surface area contributed by atoms with Gasteiger partial charge >= 0.3 is 0 Å². The molecule has 1 aromatic rings. The Labute approximate surface area is 122 Å². The first-order valence-corrected chi connectivity index (χ1v) is 8.25. The molecule has 0 aliphatic carbocycles. The van der Waals surface area contributed by atoms with Crippen molar-refractivity contribution in [2.75, 3.05) is 25.1 Å². The molecular formula is C9H13BrN4O2S2. The van der Waals surface area contributed by atoms with E-state index in [0.29, 0.717) is 11.6 Å². The van der Waals surface area contributed by atoms with E-state index in [0.717, 1.165) is 21.8 Å². The molecule has 1 aromatic heterocycles. The Bertz CT molecular complexity index is 424. The first kappa shape index (κ1) is 15.5. The highest BCUT2D eigenvalue weighted by Crippen LogP contribution is 2.17. The number of rotatable bonds is 7. The van der Waals surface area contributed by atoms with Crippen molar-refractivity contribution in [2.24, 2.45) is 4.99 Å². The predicted octanol–water partition coefficient (Wildman–Crippen LogP) is 2.44. The van der Waals surface area contributed by atoms with Crippen molar-refractivity contribution in [1.82, 2.24) is 9.97 Å². The van der Waals surface area contributed by atoms with Gasteiger partial charge in [0.25, 0.3) is 6.54 Å². The van der Waals surface area contributed by atoms with E-state index >= 15 is 0 Å². The summed E-state index contributed by atoms with van der Waals surface area (Å²) in [6.45, 7) is 0.415. The molecule has 18 heavy (non-hydrogen) atoms. The lowest BCUT2D eigenvalue weighted by molar-refractivity contribution is -0.462. The largest absolute Gasteiger partial charge is 0.347 e. The maximum Gasteiger partial charge on any atom is 0.250 e. The standard InChI is InChI=1S/C9H13BrN4O2S2/c1-17-8(4-14(15)16)11-2-3-18-5-7-9(10)13-6-12-7/h6H,2-5H2,1H3,(H,12,13). The van der Waals surface area contributed by atoms with Crippen LogP contribution in [-0.2, 0) is 5.75 Å². The van der Waals surface area contributed by atoms with Crippen molar-refractivity contribution in [3.63, 3.8) is 0 Å². The van der Waals surface area contributed by atoms with E-state index in [1.165, 1.54) is 11.8 Å². The van der Waals surface area contributed by atoms with Gasteiger partial charge in [0.15, 0.2) is 0 Å². The van der Waals surface area contributed by atoms with Crippen LogP contribution in [0.4, 0.5) is 0 Å². The van der Waals surface area contributed by atoms with Crippen molar-refractivity contribution in [2.45, 2.75) is 5.75 Å². The molecule has 0 fully saturated rings. The number of thioether (sulfide) groups is 2. The number of aliphatic imine (C=N–C) groups is 1. The molecule has 0 aliphatic heterocycles. The number of nitrogens with zero attached hydrogens (tertiary/aromatic N) is 3. The lowest BCUT2D eigenvalue weighted by Gasteiger charge is -2.00. The van der Waals surface area contributed by atoms with E-state index in [2.05, 4.69) is 30.9 Å². The van der Waals surface area contributed by atoms with Crippen LogP contribution < -0.4 is 0 Å². The summed E-state index contributed by atoms with van der Waals surface area (Å²) < 4.78 is 0.830. The van der Waals surface area contributed by atoms with Crippen molar-refractivity contribution in [3.05, 3.63) is 26.7 Å². The van der Waals surface area contributed by atoms with Gasteiger partial charge in [-0.15, -0.1) is 11.8 Å². The third kappa shape index (κ3) is 5.87. The Morgan fingerprint density at radius 3 is 3.06 bits per heavy atom. The van der Waals surface area contributed by atoms with Crippen molar-refractivity contribution < 1.29 is 4.92 Å². The highest BCUT2D eigenvalue weighted by atomic mass is 79.9. The zero-order valence-electron chi connectivity index (χ0n) is 9.76. The summed E-state index contributed by atoms with van der Waals surface area (Å²) in [5, 5.41) is 10.9. The molecule has 0 bridgehead atoms. The second-order valence-electron chi connectivity index (χ2n) is 3.19. The number of halogens is 1. The van der Waals surface area contributed by atoms with Gasteiger partial charge in [-0.2, -0.15) is 11.8 Å². The quantitative estimate of drug-likeness (QED) is 0.268. The Balaban J connectivity index is 2.23. The minimum absolute atomic E-state index is 0.183. The SMILES string of the molecule is CSC(C[N+](=O)[O-])=NCCSCc1[nH]cnc1Br. The zero-order valence-corrected chi connectivity index (χ0v) is 13.0. The van der Waals surface area contributed by atoms with Gasteiger partial charge in [0.1, 0.15) is 9.65 Å². The molecule has 0 saturated carbocycles. The lowest BCUT2D eigenvalue weighted by atomic mass is 10.6. The van der Waals surface area contributed by atoms with Crippen LogP contribution in [-0.4, -0.2) is 45.0 Å². The topological polar surface area (TPSA) is 84.2 Å². The number of aromatic nitrogens is 2. The van der Waals surface area contributed by atoms with Gasteiger partial charge < -0.3 is 4.98 Å². The average molecular weight is 353 g/mol. The molecule has 1 heterocycles. The second-order valence-corrected chi connectivity index (χ2v) is 5.93. The third-order valence-corrected chi connectivity index (χ3v) is 4.31. The van der Waals surface area contributed by atoms with Gasteiger partial charge in [0.2, 0.25) is 0 Å². The Hall–Kier alpha value is -0.540. The molecule has 100 valence electrons. The Morgan fingerprint density at radius 2 is 2.50 bits per heavy atom. The van der Waals surface area contributed by atoms with E-state index < -0.39 is 0 Å². The van der Waals surface area contributed by atoms with Crippen molar-refractivity contribution in [3.8, 4) is 0 Å². The molecule has 0 radical (unpaired) electrons. The Kier molecular flexibility index (Phi) is 7.36. The van der Waals surface area contributed by atoms with E-state index in [1.54, 1.807) is 24.3 Å². The summed E-state index contributed by atoms with van der Waals surface area (Å²) in [5.74, 6) is 1.65. The zero-order chi connectivity index (χ0) is 13.4. The van der Waals surface area contributed by atoms with Gasteiger partial charge in [-0.05, 0) is 22.2 Å². The number of aromatic amines is 1. The summed E-state index contributed by atoms with van der Waals surface area (Å²) in [6, 6.07) is 0. The maximum absolute atomic E-state index is 10.3. The van der Waals surface area contributed by atoms with Crippen LogP contribution in [0.5, 0.6) is 0 Å². The highest BCUT2D eigenvalue weighted by Gasteiger charge is 2.05. The van der Waals surface area contributed by atoms with Crippen LogP contribution in [0.25, 0.3) is 0 Å². The number of imidazole rings is 1. The average Bonchev–Trinajstić information content (AvgIpc) is 2.72. The van der Waals surface area contributed by atoms with Crippen LogP contribution in [0.2, 0.25) is 0 Å². The van der Waals surface area contributed by atoms with E-state index in [4.69, 9.17) is 0 Å². The molecular weight excluding hydrogens is 340 g/mol. The normalized spacial score (nSPS) is 11.8. The first-order chi connectivity index (χ1) is 8.63. The number of nitrogens with one attached hydrogen (secondary N) is 1. The second kappa shape index (κ2) is 8.54. The fourth-order valence-corrected chi connectivity index (χ4v) is 2.89. The monoisotopic (exact) mass is 352 g/mol. The molecule has 0 spiro atoms. The first-order valence-electron chi connectivity index (χ1n) is 5.08. The molecule has 0 unspecified atom stereocenters. The molecule has 9 heteroatoms. The summed E-state index contributed by atoms with van der Waals surface area (Å²) in [4.78, 5) is 21.3. The van der Waals surface area contributed by atoms with Gasteiger partial charge in [-0.25, -0.2) is 4.98 Å². The molecule has 0 aliphatic rings. The molecule has 1 rings (SSSR count). The molecule has 0 aromatic carbocycles. The van der Waals surface area contributed by atoms with Crippen molar-refractivity contribution >= 4 is 44.5 Å². The minimum Gasteiger partial charge on any atom is -0.347 e. The number of H-pyrrole nitrogens is 1. The van der Waals surface area contributed by atoms with Gasteiger partial charge in [-0.3, -0.25) is 15.1 Å². The van der Waals surface area contributed by atoms with Gasteiger partial charge in [0.05, 0.1) is 12.0 Å². The van der Waals surface area contributed by atoms with E-state index in [9.17, 15) is 10.1 Å². The molecule has 1 N–H and O–H groups in total. The minimum atomic E-state index is -0.357. The fourth-order valence-electron chi connectivity index (χ4n) is 1.10. The van der Waals surface area contributed by atoms with Gasteiger partial charge in [-0.1, -0.05) is 0 Å². The number of nitro groups is 1. The number of hydrogen-bond donors (Lipinski definition) is 1. The molecule has 6 nitrogen and oxygen atoms in total. The predicted molar refractivity (Wildman–Crippen MR) is 80.1 cm³/mol. The maximum atomic E-state index is 10.3. The van der Waals surface area contributed by atoms with Crippen molar-refractivity contribution in [1.29, 1.82) is 0 Å². The molecule has 0 atom stereocenters. The smallest absolute Gasteiger partial charge is 0.250 e. The summed E-state index contributed by atoms with van der Waals surface area (Å²) in [7, 11) is 0. The summed E-state index contributed by atoms with van der Waals surface area (Å²) in [6.07, 6.45) is 3.44. The van der Waals surface area contributed by atoms with Crippen LogP contribution in [0.3, 0.4) is 0 Å². The summed E-state index contributed by atoms with van der Waals surface area (Å²) in [5.41, 5.74) is 1.04. The van der Waals surface area contributed by atoms with Crippen LogP contribution in [0.1, 0.15) is 5.69 Å². The van der Waals surface area contributed by atoms with Crippen LogP contribution in [0, 0.1) is 10.1 Å². The van der Waals surface area contributed by atoms with Gasteiger partial charge in [0, 0.05) is 23.0 Å². The Morgan fingerprint density at radius 1 is 1.72 bits per heavy atom.